The molecule has 1 heterocycles. The molecule has 0 aromatic heterocycles. The molecule has 0 amide bonds. The van der Waals surface area contributed by atoms with E-state index in [-0.39, 0.29) is 17.6 Å². The molecule has 1 aliphatic heterocycles. The van der Waals surface area contributed by atoms with E-state index in [0.29, 0.717) is 12.1 Å². The van der Waals surface area contributed by atoms with Gasteiger partial charge in [0.2, 0.25) is 0 Å². The maximum atomic E-state index is 13.3. The molecule has 172 valence electrons. The van der Waals surface area contributed by atoms with Gasteiger partial charge in [-0.25, -0.2) is 4.39 Å². The van der Waals surface area contributed by atoms with Gasteiger partial charge >= 0.3 is 0 Å². The first kappa shape index (κ1) is 23.3. The van der Waals surface area contributed by atoms with E-state index in [2.05, 4.69) is 67.0 Å². The lowest BCUT2D eigenvalue weighted by atomic mass is 9.92. The lowest BCUT2D eigenvalue weighted by Gasteiger charge is -2.47. The van der Waals surface area contributed by atoms with E-state index in [0.717, 1.165) is 30.8 Å². The monoisotopic (exact) mass is 444 g/mol. The average Bonchev–Trinajstić information content (AvgIpc) is 2.79. The van der Waals surface area contributed by atoms with Gasteiger partial charge in [0.25, 0.3) is 0 Å². The van der Waals surface area contributed by atoms with Crippen LogP contribution in [0, 0.1) is 12.7 Å². The normalized spacial score (nSPS) is 20.5. The summed E-state index contributed by atoms with van der Waals surface area (Å²) >= 11 is 0. The smallest absolute Gasteiger partial charge is 0.159 e. The van der Waals surface area contributed by atoms with Crippen LogP contribution in [0.2, 0.25) is 0 Å². The van der Waals surface area contributed by atoms with Crippen molar-refractivity contribution in [3.05, 3.63) is 106 Å². The third-order valence-corrected chi connectivity index (χ3v) is 6.78. The second-order valence-corrected chi connectivity index (χ2v) is 9.45. The molecule has 3 unspecified atom stereocenters. The Bertz CT molecular complexity index is 1090. The lowest BCUT2D eigenvalue weighted by molar-refractivity contribution is 0.0195. The topological polar surface area (TPSA) is 23.6 Å². The summed E-state index contributed by atoms with van der Waals surface area (Å²) in [7, 11) is 0. The predicted molar refractivity (Wildman–Crippen MR) is 132 cm³/mol. The summed E-state index contributed by atoms with van der Waals surface area (Å²) < 4.78 is 13.3. The van der Waals surface area contributed by atoms with E-state index < -0.39 is 0 Å². The largest absolute Gasteiger partial charge is 0.295 e. The molecule has 1 saturated heterocycles. The number of benzene rings is 3. The summed E-state index contributed by atoms with van der Waals surface area (Å²) in [4.78, 5) is 16.9. The first-order valence-corrected chi connectivity index (χ1v) is 11.7. The van der Waals surface area contributed by atoms with Crippen LogP contribution >= 0.6 is 0 Å². The van der Waals surface area contributed by atoms with E-state index in [4.69, 9.17) is 0 Å². The van der Waals surface area contributed by atoms with Gasteiger partial charge in [0.05, 0.1) is 6.04 Å². The van der Waals surface area contributed by atoms with Crippen LogP contribution in [0.1, 0.15) is 59.4 Å². The van der Waals surface area contributed by atoms with Crippen molar-refractivity contribution in [2.75, 3.05) is 13.1 Å². The van der Waals surface area contributed by atoms with Gasteiger partial charge in [-0.2, -0.15) is 0 Å². The molecule has 0 radical (unpaired) electrons. The molecule has 3 aromatic carbocycles. The van der Waals surface area contributed by atoms with E-state index in [1.165, 1.54) is 28.8 Å². The van der Waals surface area contributed by atoms with Crippen LogP contribution in [0.4, 0.5) is 4.39 Å². The summed E-state index contributed by atoms with van der Waals surface area (Å²) in [6.07, 6.45) is 0. The number of carbonyl (C=O) groups excluding carboxylic acids is 1. The van der Waals surface area contributed by atoms with Gasteiger partial charge in [-0.3, -0.25) is 14.6 Å². The third-order valence-electron chi connectivity index (χ3n) is 6.78. The molecule has 3 nitrogen and oxygen atoms in total. The molecule has 3 aromatic rings. The zero-order chi connectivity index (χ0) is 23.5. The van der Waals surface area contributed by atoms with Gasteiger partial charge in [-0.1, -0.05) is 66.2 Å². The van der Waals surface area contributed by atoms with Crippen molar-refractivity contribution in [3.63, 3.8) is 0 Å². The van der Waals surface area contributed by atoms with Crippen molar-refractivity contribution < 1.29 is 9.18 Å². The maximum absolute atomic E-state index is 13.3. The Morgan fingerprint density at radius 2 is 1.64 bits per heavy atom. The highest BCUT2D eigenvalue weighted by molar-refractivity contribution is 5.94. The quantitative estimate of drug-likeness (QED) is 0.434. The van der Waals surface area contributed by atoms with Gasteiger partial charge in [0, 0.05) is 37.3 Å². The number of piperazine rings is 1. The average molecular weight is 445 g/mol. The van der Waals surface area contributed by atoms with Crippen LogP contribution in [0.3, 0.4) is 0 Å². The fourth-order valence-electron chi connectivity index (χ4n) is 4.95. The third kappa shape index (κ3) is 5.40. The molecule has 0 saturated carbocycles. The molecule has 4 rings (SSSR count). The van der Waals surface area contributed by atoms with Crippen LogP contribution in [0.25, 0.3) is 0 Å². The summed E-state index contributed by atoms with van der Waals surface area (Å²) in [5, 5.41) is 0. The minimum Gasteiger partial charge on any atom is -0.295 e. The molecule has 33 heavy (non-hydrogen) atoms. The Kier molecular flexibility index (Phi) is 7.06. The van der Waals surface area contributed by atoms with Crippen molar-refractivity contribution in [1.29, 1.82) is 0 Å². The number of hydrogen-bond donors (Lipinski definition) is 0. The molecule has 3 atom stereocenters. The fraction of sp³-hybridized carbons (Fsp3) is 0.345. The van der Waals surface area contributed by atoms with Gasteiger partial charge < -0.3 is 0 Å². The Labute approximate surface area is 196 Å². The van der Waals surface area contributed by atoms with Gasteiger partial charge in [0.15, 0.2) is 5.78 Å². The van der Waals surface area contributed by atoms with Crippen molar-refractivity contribution in [2.24, 2.45) is 0 Å². The van der Waals surface area contributed by atoms with Crippen LogP contribution in [-0.2, 0) is 6.54 Å². The molecule has 0 N–H and O–H groups in total. The zero-order valence-electron chi connectivity index (χ0n) is 20.0. The number of halogens is 1. The summed E-state index contributed by atoms with van der Waals surface area (Å²) in [5.41, 5.74) is 5.60. The minimum absolute atomic E-state index is 0.0880. The summed E-state index contributed by atoms with van der Waals surface area (Å²) in [6.45, 7) is 11.0. The highest BCUT2D eigenvalue weighted by Crippen LogP contribution is 2.34. The number of Topliss-reactive ketones (excluding diaryl/α,β-unsaturated/α-hetero) is 1. The number of hydrogen-bond acceptors (Lipinski definition) is 3. The summed E-state index contributed by atoms with van der Waals surface area (Å²) in [6, 6.07) is 24.5. The number of ketones is 1. The standard InChI is InChI=1S/C29H33FN2O/c1-20-6-5-7-27(16-20)29(26-12-10-25(11-13-26)23(4)33)32-18-21(2)31(17-22(32)3)19-24-8-14-28(30)15-9-24/h5-16,21-22,29H,17-19H2,1-4H3. The highest BCUT2D eigenvalue weighted by Gasteiger charge is 2.34. The van der Waals surface area contributed by atoms with Crippen molar-refractivity contribution in [2.45, 2.75) is 52.4 Å². The molecule has 1 fully saturated rings. The number of rotatable bonds is 6. The van der Waals surface area contributed by atoms with Crippen LogP contribution < -0.4 is 0 Å². The number of nitrogens with zero attached hydrogens (tertiary/aromatic N) is 2. The molecule has 0 spiro atoms. The molecule has 0 aliphatic carbocycles. The summed E-state index contributed by atoms with van der Waals surface area (Å²) in [5.74, 6) is -0.105. The molecular formula is C29H33FN2O. The SMILES string of the molecule is CC(=O)c1ccc(C(c2cccc(C)c2)N2CC(C)N(Cc3ccc(F)cc3)CC2C)cc1. The Hall–Kier alpha value is -2.82. The van der Waals surface area contributed by atoms with E-state index in [1.54, 1.807) is 6.92 Å². The van der Waals surface area contributed by atoms with Crippen molar-refractivity contribution in [1.82, 2.24) is 9.80 Å². The number of aryl methyl sites for hydroxylation is 1. The lowest BCUT2D eigenvalue weighted by Crippen LogP contribution is -2.56. The minimum atomic E-state index is -0.193. The van der Waals surface area contributed by atoms with Crippen LogP contribution in [-0.4, -0.2) is 40.8 Å². The zero-order valence-corrected chi connectivity index (χ0v) is 20.0. The Morgan fingerprint density at radius 1 is 0.939 bits per heavy atom. The van der Waals surface area contributed by atoms with Crippen molar-refractivity contribution in [3.8, 4) is 0 Å². The second kappa shape index (κ2) is 9.98. The van der Waals surface area contributed by atoms with Crippen molar-refractivity contribution >= 4 is 5.78 Å². The van der Waals surface area contributed by atoms with E-state index >= 15 is 0 Å². The van der Waals surface area contributed by atoms with E-state index in [9.17, 15) is 9.18 Å². The Balaban J connectivity index is 1.61. The van der Waals surface area contributed by atoms with Gasteiger partial charge in [0.1, 0.15) is 5.82 Å². The van der Waals surface area contributed by atoms with Gasteiger partial charge in [-0.05, 0) is 56.5 Å². The Morgan fingerprint density at radius 3 is 2.27 bits per heavy atom. The molecular weight excluding hydrogens is 411 g/mol. The highest BCUT2D eigenvalue weighted by atomic mass is 19.1. The maximum Gasteiger partial charge on any atom is 0.159 e. The van der Waals surface area contributed by atoms with Crippen LogP contribution in [0.5, 0.6) is 0 Å². The fourth-order valence-corrected chi connectivity index (χ4v) is 4.95. The van der Waals surface area contributed by atoms with Crippen LogP contribution in [0.15, 0.2) is 72.8 Å². The van der Waals surface area contributed by atoms with Gasteiger partial charge in [-0.15, -0.1) is 0 Å². The first-order chi connectivity index (χ1) is 15.8. The molecule has 0 bridgehead atoms. The second-order valence-electron chi connectivity index (χ2n) is 9.45. The number of carbonyl (C=O) groups is 1. The van der Waals surface area contributed by atoms with E-state index in [1.807, 2.05) is 24.3 Å². The first-order valence-electron chi connectivity index (χ1n) is 11.7. The molecule has 1 aliphatic rings. The predicted octanol–water partition coefficient (Wildman–Crippen LogP) is 6.02. The molecule has 4 heteroatoms.